The lowest BCUT2D eigenvalue weighted by molar-refractivity contribution is 0.418. The van der Waals surface area contributed by atoms with Crippen molar-refractivity contribution in [3.8, 4) is 0 Å². The molecule has 3 unspecified atom stereocenters. The quantitative estimate of drug-likeness (QED) is 0.529. The maximum atomic E-state index is 2.58. The van der Waals surface area contributed by atoms with E-state index >= 15 is 0 Å². The van der Waals surface area contributed by atoms with E-state index in [1.54, 1.807) is 0 Å². The summed E-state index contributed by atoms with van der Waals surface area (Å²) in [7, 11) is 0. The molecule has 13 heavy (non-hydrogen) atoms. The third kappa shape index (κ3) is 1.36. The van der Waals surface area contributed by atoms with E-state index in [1.807, 2.05) is 5.57 Å². The van der Waals surface area contributed by atoms with Crippen molar-refractivity contribution in [2.24, 2.45) is 5.92 Å². The number of hydrogen-bond acceptors (Lipinski definition) is 1. The molecule has 2 fully saturated rings. The molecule has 0 aromatic carbocycles. The fraction of sp³-hybridized carbons (Fsp3) is 0.833. The molecule has 3 atom stereocenters. The van der Waals surface area contributed by atoms with Crippen molar-refractivity contribution in [3.05, 3.63) is 11.6 Å². The largest absolute Gasteiger partial charge is 0.150 e. The van der Waals surface area contributed by atoms with E-state index in [0.29, 0.717) is 0 Å². The van der Waals surface area contributed by atoms with Gasteiger partial charge in [-0.2, -0.15) is 11.8 Å². The summed E-state index contributed by atoms with van der Waals surface area (Å²) in [5.41, 5.74) is 1.86. The van der Waals surface area contributed by atoms with Crippen LogP contribution in [0.3, 0.4) is 0 Å². The summed E-state index contributed by atoms with van der Waals surface area (Å²) in [6, 6.07) is 0. The molecule has 0 amide bonds. The zero-order valence-corrected chi connectivity index (χ0v) is 8.98. The maximum Gasteiger partial charge on any atom is 0.0262 e. The zero-order valence-electron chi connectivity index (χ0n) is 8.17. The van der Waals surface area contributed by atoms with Gasteiger partial charge < -0.3 is 0 Å². The highest BCUT2D eigenvalue weighted by atomic mass is 32.2. The summed E-state index contributed by atoms with van der Waals surface area (Å²) in [6.07, 6.45) is 12.9. The standard InChI is InChI=1S/C12H18S/c1-3-7-11-9(5-1)10-6-2-4-8-12(10)13-11/h5,10-12H,1-4,6-8H2. The molecule has 0 radical (unpaired) electrons. The molecule has 0 nitrogen and oxygen atoms in total. The molecule has 0 N–H and O–H groups in total. The monoisotopic (exact) mass is 194 g/mol. The number of rotatable bonds is 0. The number of hydrogen-bond donors (Lipinski definition) is 0. The Bertz CT molecular complexity index is 231. The van der Waals surface area contributed by atoms with Crippen LogP contribution >= 0.6 is 11.8 Å². The summed E-state index contributed by atoms with van der Waals surface area (Å²) in [6.45, 7) is 0. The van der Waals surface area contributed by atoms with Gasteiger partial charge in [0.05, 0.1) is 0 Å². The first kappa shape index (κ1) is 8.40. The van der Waals surface area contributed by atoms with Crippen LogP contribution in [0.4, 0.5) is 0 Å². The smallest absolute Gasteiger partial charge is 0.0262 e. The van der Waals surface area contributed by atoms with Gasteiger partial charge >= 0.3 is 0 Å². The van der Waals surface area contributed by atoms with Crippen molar-refractivity contribution in [1.82, 2.24) is 0 Å². The summed E-state index contributed by atoms with van der Waals surface area (Å²) in [5.74, 6) is 1.00. The average molecular weight is 194 g/mol. The van der Waals surface area contributed by atoms with Crippen molar-refractivity contribution in [3.63, 3.8) is 0 Å². The van der Waals surface area contributed by atoms with Gasteiger partial charge in [0.25, 0.3) is 0 Å². The van der Waals surface area contributed by atoms with E-state index in [9.17, 15) is 0 Å². The molecule has 1 aliphatic heterocycles. The molecule has 3 aliphatic rings. The van der Waals surface area contributed by atoms with E-state index in [1.165, 1.54) is 44.9 Å². The first-order chi connectivity index (χ1) is 6.45. The van der Waals surface area contributed by atoms with Crippen molar-refractivity contribution in [2.45, 2.75) is 55.4 Å². The van der Waals surface area contributed by atoms with Crippen LogP contribution in [0.1, 0.15) is 44.9 Å². The Morgan fingerprint density at radius 2 is 2.00 bits per heavy atom. The van der Waals surface area contributed by atoms with Crippen LogP contribution in [0.5, 0.6) is 0 Å². The van der Waals surface area contributed by atoms with E-state index in [-0.39, 0.29) is 0 Å². The molecule has 0 aromatic rings. The molecule has 1 saturated heterocycles. The summed E-state index contributed by atoms with van der Waals surface area (Å²) >= 11 is 2.31. The Morgan fingerprint density at radius 3 is 3.00 bits per heavy atom. The van der Waals surface area contributed by atoms with Crippen LogP contribution in [-0.2, 0) is 0 Å². The molecule has 2 aliphatic carbocycles. The Balaban J connectivity index is 1.86. The maximum absolute atomic E-state index is 2.58. The predicted molar refractivity (Wildman–Crippen MR) is 59.1 cm³/mol. The lowest BCUT2D eigenvalue weighted by atomic mass is 9.80. The van der Waals surface area contributed by atoms with Gasteiger partial charge in [-0.05, 0) is 38.0 Å². The summed E-state index contributed by atoms with van der Waals surface area (Å²) in [4.78, 5) is 0. The lowest BCUT2D eigenvalue weighted by Gasteiger charge is -2.25. The fourth-order valence-electron chi connectivity index (χ4n) is 3.26. The van der Waals surface area contributed by atoms with E-state index in [4.69, 9.17) is 0 Å². The third-order valence-electron chi connectivity index (χ3n) is 3.89. The van der Waals surface area contributed by atoms with E-state index < -0.39 is 0 Å². The van der Waals surface area contributed by atoms with Gasteiger partial charge in [-0.25, -0.2) is 0 Å². The van der Waals surface area contributed by atoms with E-state index in [0.717, 1.165) is 16.4 Å². The van der Waals surface area contributed by atoms with Crippen LogP contribution < -0.4 is 0 Å². The number of allylic oxidation sites excluding steroid dienone is 1. The highest BCUT2D eigenvalue weighted by Crippen LogP contribution is 2.52. The van der Waals surface area contributed by atoms with E-state index in [2.05, 4.69) is 17.8 Å². The van der Waals surface area contributed by atoms with Gasteiger partial charge in [-0.1, -0.05) is 24.5 Å². The van der Waals surface area contributed by atoms with Gasteiger partial charge in [-0.15, -0.1) is 0 Å². The summed E-state index contributed by atoms with van der Waals surface area (Å²) < 4.78 is 0. The fourth-order valence-corrected chi connectivity index (χ4v) is 5.20. The van der Waals surface area contributed by atoms with Crippen LogP contribution in [0.15, 0.2) is 11.6 Å². The van der Waals surface area contributed by atoms with Gasteiger partial charge in [0.1, 0.15) is 0 Å². The van der Waals surface area contributed by atoms with Crippen molar-refractivity contribution in [1.29, 1.82) is 0 Å². The molecule has 72 valence electrons. The minimum Gasteiger partial charge on any atom is -0.150 e. The first-order valence-electron chi connectivity index (χ1n) is 5.80. The molecule has 1 heterocycles. The molecular formula is C12H18S. The number of thioether (sulfide) groups is 1. The predicted octanol–water partition coefficient (Wildman–Crippen LogP) is 3.77. The Morgan fingerprint density at radius 1 is 1.08 bits per heavy atom. The molecule has 3 rings (SSSR count). The molecular weight excluding hydrogens is 176 g/mol. The van der Waals surface area contributed by atoms with Crippen LogP contribution in [0, 0.1) is 5.92 Å². The van der Waals surface area contributed by atoms with Gasteiger partial charge in [0.2, 0.25) is 0 Å². The lowest BCUT2D eigenvalue weighted by Crippen LogP contribution is -2.18. The second kappa shape index (κ2) is 3.34. The molecule has 1 saturated carbocycles. The van der Waals surface area contributed by atoms with Gasteiger partial charge in [-0.3, -0.25) is 0 Å². The molecule has 0 aromatic heterocycles. The Hall–Kier alpha value is 0.0900. The topological polar surface area (TPSA) is 0 Å². The van der Waals surface area contributed by atoms with Crippen molar-refractivity contribution in [2.75, 3.05) is 0 Å². The van der Waals surface area contributed by atoms with Gasteiger partial charge in [0.15, 0.2) is 0 Å². The van der Waals surface area contributed by atoms with Crippen molar-refractivity contribution < 1.29 is 0 Å². The average Bonchev–Trinajstić information content (AvgIpc) is 2.56. The minimum absolute atomic E-state index is 0.946. The Labute approximate surface area is 85.2 Å². The first-order valence-corrected chi connectivity index (χ1v) is 6.75. The third-order valence-corrected chi connectivity index (χ3v) is 5.64. The second-order valence-electron chi connectivity index (χ2n) is 4.69. The second-order valence-corrected chi connectivity index (χ2v) is 6.14. The SMILES string of the molecule is C1=C2C(CCC1)SC1CCCCC21. The van der Waals surface area contributed by atoms with Crippen LogP contribution in [0.2, 0.25) is 0 Å². The Kier molecular flexibility index (Phi) is 2.16. The summed E-state index contributed by atoms with van der Waals surface area (Å²) in [5, 5.41) is 1.96. The number of fused-ring (bicyclic) bond motifs is 3. The van der Waals surface area contributed by atoms with Crippen LogP contribution in [0.25, 0.3) is 0 Å². The minimum atomic E-state index is 0.946. The normalized spacial score (nSPS) is 43.7. The highest BCUT2D eigenvalue weighted by Gasteiger charge is 2.40. The highest BCUT2D eigenvalue weighted by molar-refractivity contribution is 8.01. The molecule has 1 heteroatoms. The molecule has 0 bridgehead atoms. The molecule has 0 spiro atoms. The zero-order chi connectivity index (χ0) is 8.67. The van der Waals surface area contributed by atoms with Crippen molar-refractivity contribution >= 4 is 11.8 Å². The van der Waals surface area contributed by atoms with Crippen LogP contribution in [-0.4, -0.2) is 10.5 Å². The van der Waals surface area contributed by atoms with Gasteiger partial charge in [0, 0.05) is 10.5 Å².